The van der Waals surface area contributed by atoms with Crippen molar-refractivity contribution >= 4 is 6.09 Å². The van der Waals surface area contributed by atoms with Crippen LogP contribution in [0.3, 0.4) is 0 Å². The largest absolute Gasteiger partial charge is 0.444 e. The van der Waals surface area contributed by atoms with E-state index >= 15 is 0 Å². The summed E-state index contributed by atoms with van der Waals surface area (Å²) in [5.41, 5.74) is -3.73. The number of alkyl halides is 3. The molecule has 1 saturated heterocycles. The fraction of sp³-hybridized carbons (Fsp3) is 0.923. The minimum atomic E-state index is -4.80. The minimum absolute atomic E-state index is 0.103. The number of nitrogens with zero attached hydrogens (tertiary/aromatic N) is 1. The molecule has 0 aromatic rings. The molecule has 1 aliphatic rings. The van der Waals surface area contributed by atoms with Gasteiger partial charge >= 0.3 is 12.3 Å². The van der Waals surface area contributed by atoms with Gasteiger partial charge in [0.25, 0.3) is 0 Å². The van der Waals surface area contributed by atoms with Gasteiger partial charge in [-0.25, -0.2) is 4.79 Å². The zero-order valence-electron chi connectivity index (χ0n) is 12.3. The minimum Gasteiger partial charge on any atom is -0.444 e. The summed E-state index contributed by atoms with van der Waals surface area (Å²) in [6.07, 6.45) is -4.37. The standard InChI is InChI=1S/C13H22F3NO3/c1-11(2,3)20-10(18)17-8-6-5-7-9(17)12(4,19)13(14,15)16/h9,19H,5-8H2,1-4H3/t9-,12+/m0/s1. The summed E-state index contributed by atoms with van der Waals surface area (Å²) in [4.78, 5) is 13.0. The van der Waals surface area contributed by atoms with E-state index in [1.54, 1.807) is 20.8 Å². The number of amides is 1. The van der Waals surface area contributed by atoms with Crippen LogP contribution in [0.1, 0.15) is 47.0 Å². The van der Waals surface area contributed by atoms with Gasteiger partial charge in [-0.2, -0.15) is 13.2 Å². The lowest BCUT2D eigenvalue weighted by Gasteiger charge is -2.44. The first kappa shape index (κ1) is 17.1. The molecule has 0 unspecified atom stereocenters. The molecule has 7 heteroatoms. The van der Waals surface area contributed by atoms with Gasteiger partial charge in [-0.1, -0.05) is 0 Å². The number of hydrogen-bond donors (Lipinski definition) is 1. The Labute approximate surface area is 116 Å². The second-order valence-corrected chi connectivity index (χ2v) is 6.33. The summed E-state index contributed by atoms with van der Waals surface area (Å²) in [5.74, 6) is 0. The Hall–Kier alpha value is -0.980. The van der Waals surface area contributed by atoms with Crippen LogP contribution in [0.5, 0.6) is 0 Å². The Balaban J connectivity index is 2.95. The average molecular weight is 297 g/mol. The van der Waals surface area contributed by atoms with Crippen LogP contribution in [0.25, 0.3) is 0 Å². The lowest BCUT2D eigenvalue weighted by Crippen LogP contribution is -2.62. The van der Waals surface area contributed by atoms with E-state index in [0.29, 0.717) is 19.8 Å². The Morgan fingerprint density at radius 3 is 2.20 bits per heavy atom. The second kappa shape index (κ2) is 5.42. The van der Waals surface area contributed by atoms with Gasteiger partial charge < -0.3 is 14.7 Å². The predicted octanol–water partition coefficient (Wildman–Crippen LogP) is 3.09. The maximum atomic E-state index is 13.0. The number of carbonyl (C=O) groups excluding carboxylic acids is 1. The van der Waals surface area contributed by atoms with Gasteiger partial charge in [0.1, 0.15) is 5.60 Å². The molecule has 1 N–H and O–H groups in total. The highest BCUT2D eigenvalue weighted by molar-refractivity contribution is 5.69. The molecule has 2 atom stereocenters. The number of piperidine rings is 1. The Kier molecular flexibility index (Phi) is 4.63. The quantitative estimate of drug-likeness (QED) is 0.809. The van der Waals surface area contributed by atoms with Gasteiger partial charge in [-0.15, -0.1) is 0 Å². The van der Waals surface area contributed by atoms with E-state index in [4.69, 9.17) is 4.74 Å². The first-order chi connectivity index (χ1) is 8.86. The number of aliphatic hydroxyl groups is 1. The topological polar surface area (TPSA) is 49.8 Å². The molecule has 0 aromatic carbocycles. The third kappa shape index (κ3) is 3.77. The van der Waals surface area contributed by atoms with Gasteiger partial charge in [0.05, 0.1) is 6.04 Å². The molecule has 1 amide bonds. The normalized spacial score (nSPS) is 24.2. The molecule has 4 nitrogen and oxygen atoms in total. The maximum Gasteiger partial charge on any atom is 0.418 e. The van der Waals surface area contributed by atoms with Crippen LogP contribution in [0.15, 0.2) is 0 Å². The highest BCUT2D eigenvalue weighted by Gasteiger charge is 2.58. The molecule has 20 heavy (non-hydrogen) atoms. The van der Waals surface area contributed by atoms with Crippen molar-refractivity contribution in [3.8, 4) is 0 Å². The van der Waals surface area contributed by atoms with Crippen molar-refractivity contribution in [3.63, 3.8) is 0 Å². The number of carbonyl (C=O) groups is 1. The van der Waals surface area contributed by atoms with E-state index in [1.165, 1.54) is 0 Å². The molecule has 118 valence electrons. The molecule has 0 saturated carbocycles. The zero-order chi connectivity index (χ0) is 15.8. The smallest absolute Gasteiger partial charge is 0.418 e. The van der Waals surface area contributed by atoms with E-state index in [1.807, 2.05) is 0 Å². The molecule has 1 fully saturated rings. The molecular weight excluding hydrogens is 275 g/mol. The van der Waals surface area contributed by atoms with Crippen molar-refractivity contribution in [1.82, 2.24) is 4.90 Å². The number of hydrogen-bond acceptors (Lipinski definition) is 3. The third-order valence-corrected chi connectivity index (χ3v) is 3.35. The SMILES string of the molecule is CC(C)(C)OC(=O)N1CCCC[C@H]1[C@@](C)(O)C(F)(F)F. The zero-order valence-corrected chi connectivity index (χ0v) is 12.3. The lowest BCUT2D eigenvalue weighted by molar-refractivity contribution is -0.274. The summed E-state index contributed by atoms with van der Waals surface area (Å²) in [6.45, 7) is 5.80. The number of ether oxygens (including phenoxy) is 1. The van der Waals surface area contributed by atoms with Crippen LogP contribution in [-0.2, 0) is 4.74 Å². The van der Waals surface area contributed by atoms with E-state index in [0.717, 1.165) is 4.90 Å². The van der Waals surface area contributed by atoms with Gasteiger partial charge in [-0.3, -0.25) is 0 Å². The molecule has 1 heterocycles. The highest BCUT2D eigenvalue weighted by Crippen LogP contribution is 2.38. The molecule has 0 radical (unpaired) electrons. The predicted molar refractivity (Wildman–Crippen MR) is 67.3 cm³/mol. The first-order valence-corrected chi connectivity index (χ1v) is 6.65. The summed E-state index contributed by atoms with van der Waals surface area (Å²) >= 11 is 0. The van der Waals surface area contributed by atoms with E-state index in [2.05, 4.69) is 0 Å². The van der Waals surface area contributed by atoms with Crippen LogP contribution in [0.2, 0.25) is 0 Å². The third-order valence-electron chi connectivity index (χ3n) is 3.35. The summed E-state index contributed by atoms with van der Waals surface area (Å²) in [6, 6.07) is -1.31. The van der Waals surface area contributed by atoms with Gasteiger partial charge in [0, 0.05) is 6.54 Å². The van der Waals surface area contributed by atoms with Crippen LogP contribution >= 0.6 is 0 Å². The molecular formula is C13H22F3NO3. The lowest BCUT2D eigenvalue weighted by atomic mass is 9.87. The molecule has 1 aliphatic heterocycles. The average Bonchev–Trinajstić information content (AvgIpc) is 2.25. The van der Waals surface area contributed by atoms with Crippen LogP contribution in [-0.4, -0.2) is 46.1 Å². The first-order valence-electron chi connectivity index (χ1n) is 6.65. The fourth-order valence-corrected chi connectivity index (χ4v) is 2.24. The molecule has 0 aliphatic carbocycles. The summed E-state index contributed by atoms with van der Waals surface area (Å²) in [5, 5.41) is 9.82. The molecule has 0 aromatic heterocycles. The summed E-state index contributed by atoms with van der Waals surface area (Å²) in [7, 11) is 0. The van der Waals surface area contributed by atoms with Crippen molar-refractivity contribution in [2.24, 2.45) is 0 Å². The van der Waals surface area contributed by atoms with Crippen molar-refractivity contribution in [1.29, 1.82) is 0 Å². The molecule has 1 rings (SSSR count). The van der Waals surface area contributed by atoms with Gasteiger partial charge in [-0.05, 0) is 47.0 Å². The number of likely N-dealkylation sites (tertiary alicyclic amines) is 1. The second-order valence-electron chi connectivity index (χ2n) is 6.33. The van der Waals surface area contributed by atoms with Crippen molar-refractivity contribution < 1.29 is 27.8 Å². The maximum absolute atomic E-state index is 13.0. The number of rotatable bonds is 1. The van der Waals surface area contributed by atoms with E-state index in [9.17, 15) is 23.1 Å². The Morgan fingerprint density at radius 2 is 1.75 bits per heavy atom. The van der Waals surface area contributed by atoms with Gasteiger partial charge in [0.15, 0.2) is 5.60 Å². The fourth-order valence-electron chi connectivity index (χ4n) is 2.24. The van der Waals surface area contributed by atoms with Crippen molar-refractivity contribution in [2.45, 2.75) is 70.4 Å². The highest BCUT2D eigenvalue weighted by atomic mass is 19.4. The monoisotopic (exact) mass is 297 g/mol. The van der Waals surface area contributed by atoms with Crippen molar-refractivity contribution in [2.75, 3.05) is 6.54 Å². The summed E-state index contributed by atoms with van der Waals surface area (Å²) < 4.78 is 44.0. The van der Waals surface area contributed by atoms with Crippen LogP contribution in [0, 0.1) is 0 Å². The van der Waals surface area contributed by atoms with Crippen LogP contribution < -0.4 is 0 Å². The van der Waals surface area contributed by atoms with Crippen LogP contribution in [0.4, 0.5) is 18.0 Å². The van der Waals surface area contributed by atoms with Gasteiger partial charge in [0.2, 0.25) is 0 Å². The molecule has 0 bridgehead atoms. The van der Waals surface area contributed by atoms with Crippen molar-refractivity contribution in [3.05, 3.63) is 0 Å². The van der Waals surface area contributed by atoms with E-state index < -0.39 is 29.5 Å². The molecule has 0 spiro atoms. The Bertz CT molecular complexity index is 361. The number of halogens is 3. The Morgan fingerprint density at radius 1 is 1.20 bits per heavy atom. The van der Waals surface area contributed by atoms with E-state index in [-0.39, 0.29) is 13.0 Å².